The smallest absolute Gasteiger partial charge is 0.256 e. The predicted octanol–water partition coefficient (Wildman–Crippen LogP) is 3.39. The second-order valence-corrected chi connectivity index (χ2v) is 8.77. The molecule has 7 nitrogen and oxygen atoms in total. The quantitative estimate of drug-likeness (QED) is 0.533. The molecule has 1 aliphatic rings. The van der Waals surface area contributed by atoms with Crippen LogP contribution < -0.4 is 20.9 Å². The van der Waals surface area contributed by atoms with Crippen LogP contribution in [0.25, 0.3) is 10.9 Å². The highest BCUT2D eigenvalue weighted by molar-refractivity contribution is 6.08. The molecule has 2 unspecified atom stereocenters. The Kier molecular flexibility index (Phi) is 6.56. The molecule has 0 spiro atoms. The summed E-state index contributed by atoms with van der Waals surface area (Å²) in [5.41, 5.74) is 3.00. The first-order chi connectivity index (χ1) is 15.8. The van der Waals surface area contributed by atoms with Crippen molar-refractivity contribution in [2.45, 2.75) is 46.0 Å². The van der Waals surface area contributed by atoms with E-state index >= 15 is 0 Å². The zero-order valence-corrected chi connectivity index (χ0v) is 19.5. The Bertz CT molecular complexity index is 1230. The number of aryl methyl sites for hydroxylation is 1. The summed E-state index contributed by atoms with van der Waals surface area (Å²) in [5, 5.41) is 6.81. The summed E-state index contributed by atoms with van der Waals surface area (Å²) in [5.74, 6) is 0.0232. The lowest BCUT2D eigenvalue weighted by Crippen LogP contribution is -2.41. The molecule has 3 heterocycles. The number of amides is 1. The van der Waals surface area contributed by atoms with Crippen molar-refractivity contribution >= 4 is 16.8 Å². The van der Waals surface area contributed by atoms with Gasteiger partial charge in [-0.3, -0.25) is 9.59 Å². The lowest BCUT2D eigenvalue weighted by atomic mass is 9.89. The first kappa shape index (κ1) is 23.0. The summed E-state index contributed by atoms with van der Waals surface area (Å²) in [6.07, 6.45) is -0.196. The molecule has 0 bridgehead atoms. The van der Waals surface area contributed by atoms with E-state index in [0.29, 0.717) is 29.1 Å². The standard InChI is InChI=1S/C25H31FN4O3/c1-14-11-22(33-4)19(24(31)29-14)12-28-25(32)23-16(3)30(21-8-6-5-7-18(21)23)15(2)17-9-10-27-13-20(17)26/h5-8,11,15,17,20,27H,9-10,12-13H2,1-4H3,(H,28,32)(H,29,31)/t15-,17?,20?/m1/s1. The molecule has 0 aliphatic carbocycles. The number of aromatic nitrogens is 2. The number of benzene rings is 1. The monoisotopic (exact) mass is 454 g/mol. The van der Waals surface area contributed by atoms with Crippen molar-refractivity contribution in [1.29, 1.82) is 0 Å². The van der Waals surface area contributed by atoms with Crippen LogP contribution in [0.5, 0.6) is 5.75 Å². The summed E-state index contributed by atoms with van der Waals surface area (Å²) in [6, 6.07) is 9.33. The van der Waals surface area contributed by atoms with E-state index in [4.69, 9.17) is 4.74 Å². The Morgan fingerprint density at radius 2 is 2.09 bits per heavy atom. The van der Waals surface area contributed by atoms with Crippen LogP contribution in [-0.4, -0.2) is 41.8 Å². The maximum Gasteiger partial charge on any atom is 0.256 e. The van der Waals surface area contributed by atoms with Crippen LogP contribution in [-0.2, 0) is 6.54 Å². The number of hydrogen-bond acceptors (Lipinski definition) is 4. The van der Waals surface area contributed by atoms with Crippen molar-refractivity contribution in [2.24, 2.45) is 5.92 Å². The molecule has 3 atom stereocenters. The van der Waals surface area contributed by atoms with Crippen LogP contribution in [0, 0.1) is 19.8 Å². The van der Waals surface area contributed by atoms with Crippen LogP contribution >= 0.6 is 0 Å². The lowest BCUT2D eigenvalue weighted by Gasteiger charge is -2.33. The van der Waals surface area contributed by atoms with Gasteiger partial charge in [-0.25, -0.2) is 4.39 Å². The van der Waals surface area contributed by atoms with E-state index < -0.39 is 6.17 Å². The number of pyridine rings is 1. The van der Waals surface area contributed by atoms with Gasteiger partial charge in [0.15, 0.2) is 0 Å². The van der Waals surface area contributed by atoms with E-state index in [1.807, 2.05) is 38.1 Å². The Labute approximate surface area is 192 Å². The maximum absolute atomic E-state index is 14.7. The van der Waals surface area contributed by atoms with Crippen molar-refractivity contribution in [2.75, 3.05) is 20.2 Å². The molecule has 0 saturated carbocycles. The molecule has 3 N–H and O–H groups in total. The number of rotatable bonds is 6. The van der Waals surface area contributed by atoms with Crippen molar-refractivity contribution in [1.82, 2.24) is 20.2 Å². The number of carbonyl (C=O) groups is 1. The number of ether oxygens (including phenoxy) is 1. The number of carbonyl (C=O) groups excluding carboxylic acids is 1. The normalized spacial score (nSPS) is 19.4. The van der Waals surface area contributed by atoms with Gasteiger partial charge >= 0.3 is 0 Å². The molecule has 1 aromatic carbocycles. The lowest BCUT2D eigenvalue weighted by molar-refractivity contribution is 0.0950. The van der Waals surface area contributed by atoms with Crippen molar-refractivity contribution in [3.05, 3.63) is 63.2 Å². The maximum atomic E-state index is 14.7. The van der Waals surface area contributed by atoms with E-state index in [2.05, 4.69) is 20.2 Å². The zero-order chi connectivity index (χ0) is 23.7. The molecule has 33 heavy (non-hydrogen) atoms. The zero-order valence-electron chi connectivity index (χ0n) is 19.5. The van der Waals surface area contributed by atoms with E-state index in [1.165, 1.54) is 7.11 Å². The third-order valence-electron chi connectivity index (χ3n) is 6.74. The SMILES string of the molecule is COc1cc(C)[nH]c(=O)c1CNC(=O)c1c(C)n([C@H](C)C2CCNCC2F)c2ccccc12. The van der Waals surface area contributed by atoms with Gasteiger partial charge in [-0.15, -0.1) is 0 Å². The molecule has 1 fully saturated rings. The predicted molar refractivity (Wildman–Crippen MR) is 127 cm³/mol. The van der Waals surface area contributed by atoms with Crippen molar-refractivity contribution in [3.63, 3.8) is 0 Å². The molecule has 1 amide bonds. The molecular weight excluding hydrogens is 423 g/mol. The highest BCUT2D eigenvalue weighted by Gasteiger charge is 2.33. The van der Waals surface area contributed by atoms with Crippen LogP contribution in [0.4, 0.5) is 4.39 Å². The Morgan fingerprint density at radius 3 is 2.82 bits per heavy atom. The van der Waals surface area contributed by atoms with Crippen molar-refractivity contribution in [3.8, 4) is 5.75 Å². The number of nitrogens with one attached hydrogen (secondary N) is 3. The topological polar surface area (TPSA) is 88.2 Å². The fourth-order valence-corrected chi connectivity index (χ4v) is 5.07. The number of hydrogen-bond donors (Lipinski definition) is 3. The first-order valence-corrected chi connectivity index (χ1v) is 11.3. The van der Waals surface area contributed by atoms with Gasteiger partial charge < -0.3 is 24.9 Å². The Hall–Kier alpha value is -3.13. The minimum Gasteiger partial charge on any atom is -0.496 e. The van der Waals surface area contributed by atoms with Gasteiger partial charge in [-0.05, 0) is 45.9 Å². The molecule has 2 aromatic heterocycles. The number of methoxy groups -OCH3 is 1. The highest BCUT2D eigenvalue weighted by Crippen LogP contribution is 2.35. The summed E-state index contributed by atoms with van der Waals surface area (Å²) in [4.78, 5) is 28.5. The molecule has 4 rings (SSSR count). The van der Waals surface area contributed by atoms with E-state index in [-0.39, 0.29) is 30.0 Å². The fourth-order valence-electron chi connectivity index (χ4n) is 5.07. The summed E-state index contributed by atoms with van der Waals surface area (Å²) >= 11 is 0. The number of halogens is 1. The molecule has 8 heteroatoms. The summed E-state index contributed by atoms with van der Waals surface area (Å²) < 4.78 is 22.2. The van der Waals surface area contributed by atoms with Gasteiger partial charge in [0.2, 0.25) is 0 Å². The van der Waals surface area contributed by atoms with Crippen LogP contribution in [0.15, 0.2) is 35.1 Å². The largest absolute Gasteiger partial charge is 0.496 e. The average Bonchev–Trinajstić information content (AvgIpc) is 3.09. The number of H-pyrrole nitrogens is 1. The van der Waals surface area contributed by atoms with Gasteiger partial charge in [0.1, 0.15) is 11.9 Å². The summed E-state index contributed by atoms with van der Waals surface area (Å²) in [7, 11) is 1.50. The van der Waals surface area contributed by atoms with Gasteiger partial charge in [0.05, 0.1) is 24.8 Å². The molecule has 3 aromatic rings. The minimum absolute atomic E-state index is 0.0347. The summed E-state index contributed by atoms with van der Waals surface area (Å²) in [6.45, 7) is 6.88. The molecular formula is C25H31FN4O3. The molecule has 1 saturated heterocycles. The number of alkyl halides is 1. The Balaban J connectivity index is 1.68. The van der Waals surface area contributed by atoms with Gasteiger partial charge in [0.25, 0.3) is 11.5 Å². The number of para-hydroxylation sites is 1. The molecule has 0 radical (unpaired) electrons. The van der Waals surface area contributed by atoms with Crippen LogP contribution in [0.1, 0.15) is 46.7 Å². The van der Waals surface area contributed by atoms with E-state index in [0.717, 1.165) is 29.6 Å². The van der Waals surface area contributed by atoms with Crippen LogP contribution in [0.3, 0.4) is 0 Å². The molecule has 176 valence electrons. The van der Waals surface area contributed by atoms with Crippen LogP contribution in [0.2, 0.25) is 0 Å². The van der Waals surface area contributed by atoms with Gasteiger partial charge in [0, 0.05) is 40.8 Å². The number of piperidine rings is 1. The van der Waals surface area contributed by atoms with E-state index in [9.17, 15) is 14.0 Å². The third kappa shape index (κ3) is 4.27. The first-order valence-electron chi connectivity index (χ1n) is 11.3. The second kappa shape index (κ2) is 9.39. The third-order valence-corrected chi connectivity index (χ3v) is 6.74. The number of fused-ring (bicyclic) bond motifs is 1. The van der Waals surface area contributed by atoms with Gasteiger partial charge in [-0.1, -0.05) is 18.2 Å². The second-order valence-electron chi connectivity index (χ2n) is 8.77. The average molecular weight is 455 g/mol. The minimum atomic E-state index is -0.938. The van der Waals surface area contributed by atoms with Gasteiger partial charge in [-0.2, -0.15) is 0 Å². The number of aromatic amines is 1. The van der Waals surface area contributed by atoms with E-state index in [1.54, 1.807) is 13.0 Å². The number of nitrogens with zero attached hydrogens (tertiary/aromatic N) is 1. The molecule has 1 aliphatic heterocycles. The van der Waals surface area contributed by atoms with Crippen molar-refractivity contribution < 1.29 is 13.9 Å². The fraction of sp³-hybridized carbons (Fsp3) is 0.440. The Morgan fingerprint density at radius 1 is 1.33 bits per heavy atom. The highest BCUT2D eigenvalue weighted by atomic mass is 19.1.